The summed E-state index contributed by atoms with van der Waals surface area (Å²) in [4.78, 5) is 0. The summed E-state index contributed by atoms with van der Waals surface area (Å²) >= 11 is 3.38. The van der Waals surface area contributed by atoms with E-state index in [9.17, 15) is 4.39 Å². The quantitative estimate of drug-likeness (QED) is 0.763. The molecule has 100 valence electrons. The van der Waals surface area contributed by atoms with Crippen LogP contribution in [0.1, 0.15) is 11.1 Å². The van der Waals surface area contributed by atoms with Crippen LogP contribution in [0.2, 0.25) is 0 Å². The summed E-state index contributed by atoms with van der Waals surface area (Å²) in [6.45, 7) is 0.177. The predicted octanol–water partition coefficient (Wildman–Crippen LogP) is 4.31. The summed E-state index contributed by atoms with van der Waals surface area (Å²) in [7, 11) is 1.59. The molecule has 2 nitrogen and oxygen atoms in total. The number of rotatable bonds is 5. The van der Waals surface area contributed by atoms with Crippen LogP contribution in [-0.2, 0) is 11.9 Å². The molecule has 0 saturated carbocycles. The lowest BCUT2D eigenvalue weighted by molar-refractivity contribution is 0.279. The molecule has 0 saturated heterocycles. The molecule has 0 unspecified atom stereocenters. The van der Waals surface area contributed by atoms with Gasteiger partial charge in [-0.3, -0.25) is 0 Å². The van der Waals surface area contributed by atoms with Crippen molar-refractivity contribution in [1.29, 1.82) is 0 Å². The van der Waals surface area contributed by atoms with Gasteiger partial charge in [0, 0.05) is 10.9 Å². The first kappa shape index (κ1) is 13.9. The van der Waals surface area contributed by atoms with E-state index in [1.54, 1.807) is 25.3 Å². The fraction of sp³-hybridized carbons (Fsp3) is 0.200. The molecule has 2 aromatic rings. The van der Waals surface area contributed by atoms with Crippen molar-refractivity contribution in [3.63, 3.8) is 0 Å². The van der Waals surface area contributed by atoms with Gasteiger partial charge >= 0.3 is 0 Å². The molecule has 0 bridgehead atoms. The van der Waals surface area contributed by atoms with Gasteiger partial charge in [-0.2, -0.15) is 0 Å². The number of benzene rings is 2. The standard InChI is InChI=1S/C15H14BrFO2/c1-18-15-8-11(9-16)6-7-14(15)19-10-12-4-2-3-5-13(12)17/h2-8H,9-10H2,1H3. The molecule has 0 spiro atoms. The first-order valence-corrected chi connectivity index (χ1v) is 6.96. The van der Waals surface area contributed by atoms with E-state index in [0.717, 1.165) is 10.9 Å². The lowest BCUT2D eigenvalue weighted by atomic mass is 10.2. The maximum atomic E-state index is 13.5. The minimum atomic E-state index is -0.265. The smallest absolute Gasteiger partial charge is 0.161 e. The molecule has 2 aromatic carbocycles. The second kappa shape index (κ2) is 6.57. The highest BCUT2D eigenvalue weighted by atomic mass is 79.9. The molecule has 4 heteroatoms. The van der Waals surface area contributed by atoms with Crippen LogP contribution in [0.4, 0.5) is 4.39 Å². The molecule has 0 aliphatic carbocycles. The molecule has 0 fully saturated rings. The van der Waals surface area contributed by atoms with Gasteiger partial charge in [0.15, 0.2) is 11.5 Å². The highest BCUT2D eigenvalue weighted by molar-refractivity contribution is 9.08. The van der Waals surface area contributed by atoms with Gasteiger partial charge in [-0.25, -0.2) is 4.39 Å². The highest BCUT2D eigenvalue weighted by Crippen LogP contribution is 2.29. The highest BCUT2D eigenvalue weighted by Gasteiger charge is 2.07. The van der Waals surface area contributed by atoms with Crippen LogP contribution in [0.3, 0.4) is 0 Å². The van der Waals surface area contributed by atoms with Gasteiger partial charge in [0.05, 0.1) is 7.11 Å². The van der Waals surface area contributed by atoms with Gasteiger partial charge in [0.2, 0.25) is 0 Å². The number of alkyl halides is 1. The molecule has 0 amide bonds. The van der Waals surface area contributed by atoms with E-state index in [4.69, 9.17) is 9.47 Å². The summed E-state index contributed by atoms with van der Waals surface area (Å²) in [6.07, 6.45) is 0. The molecule has 0 N–H and O–H groups in total. The Balaban J connectivity index is 2.13. The van der Waals surface area contributed by atoms with Crippen molar-refractivity contribution < 1.29 is 13.9 Å². The Morgan fingerprint density at radius 1 is 1.11 bits per heavy atom. The second-order valence-electron chi connectivity index (χ2n) is 4.00. The zero-order chi connectivity index (χ0) is 13.7. The summed E-state index contributed by atoms with van der Waals surface area (Å²) in [5.41, 5.74) is 1.62. The van der Waals surface area contributed by atoms with Crippen molar-refractivity contribution in [2.75, 3.05) is 7.11 Å². The molecule has 19 heavy (non-hydrogen) atoms. The third-order valence-electron chi connectivity index (χ3n) is 2.72. The van der Waals surface area contributed by atoms with E-state index < -0.39 is 0 Å². The molecule has 0 atom stereocenters. The van der Waals surface area contributed by atoms with Gasteiger partial charge < -0.3 is 9.47 Å². The van der Waals surface area contributed by atoms with Crippen LogP contribution >= 0.6 is 15.9 Å². The normalized spacial score (nSPS) is 10.3. The lowest BCUT2D eigenvalue weighted by Crippen LogP contribution is -2.00. The van der Waals surface area contributed by atoms with Crippen molar-refractivity contribution >= 4 is 15.9 Å². The molecule has 0 aliphatic rings. The number of hydrogen-bond acceptors (Lipinski definition) is 2. The van der Waals surface area contributed by atoms with E-state index in [0.29, 0.717) is 17.1 Å². The van der Waals surface area contributed by atoms with Crippen LogP contribution in [0, 0.1) is 5.82 Å². The van der Waals surface area contributed by atoms with Gasteiger partial charge in [-0.1, -0.05) is 40.2 Å². The average molecular weight is 325 g/mol. The monoisotopic (exact) mass is 324 g/mol. The number of hydrogen-bond donors (Lipinski definition) is 0. The molecular formula is C15H14BrFO2. The Morgan fingerprint density at radius 2 is 1.89 bits per heavy atom. The van der Waals surface area contributed by atoms with Crippen molar-refractivity contribution in [2.45, 2.75) is 11.9 Å². The minimum Gasteiger partial charge on any atom is -0.493 e. The Kier molecular flexibility index (Phi) is 4.80. The summed E-state index contributed by atoms with van der Waals surface area (Å²) in [5, 5.41) is 0.747. The zero-order valence-electron chi connectivity index (χ0n) is 10.5. The molecule has 0 aliphatic heterocycles. The van der Waals surface area contributed by atoms with Crippen molar-refractivity contribution in [3.05, 3.63) is 59.4 Å². The Bertz CT molecular complexity index is 558. The van der Waals surface area contributed by atoms with Gasteiger partial charge in [-0.05, 0) is 23.8 Å². The molecule has 0 heterocycles. The van der Waals surface area contributed by atoms with Crippen molar-refractivity contribution in [3.8, 4) is 11.5 Å². The van der Waals surface area contributed by atoms with Gasteiger partial charge in [0.25, 0.3) is 0 Å². The van der Waals surface area contributed by atoms with Gasteiger partial charge in [-0.15, -0.1) is 0 Å². The van der Waals surface area contributed by atoms with Crippen molar-refractivity contribution in [1.82, 2.24) is 0 Å². The van der Waals surface area contributed by atoms with Crippen LogP contribution < -0.4 is 9.47 Å². The average Bonchev–Trinajstić information content (AvgIpc) is 2.46. The van der Waals surface area contributed by atoms with Crippen LogP contribution in [0.25, 0.3) is 0 Å². The fourth-order valence-corrected chi connectivity index (χ4v) is 2.03. The maximum absolute atomic E-state index is 13.5. The molecule has 0 radical (unpaired) electrons. The molecular weight excluding hydrogens is 311 g/mol. The summed E-state index contributed by atoms with van der Waals surface area (Å²) < 4.78 is 24.4. The number of methoxy groups -OCH3 is 1. The topological polar surface area (TPSA) is 18.5 Å². The molecule has 2 rings (SSSR count). The Labute approximate surface area is 120 Å². The van der Waals surface area contributed by atoms with Crippen LogP contribution in [0.15, 0.2) is 42.5 Å². The Morgan fingerprint density at radius 3 is 2.58 bits per heavy atom. The van der Waals surface area contributed by atoms with Crippen LogP contribution in [-0.4, -0.2) is 7.11 Å². The Hall–Kier alpha value is -1.55. The third kappa shape index (κ3) is 3.47. The minimum absolute atomic E-state index is 0.177. The largest absolute Gasteiger partial charge is 0.493 e. The van der Waals surface area contributed by atoms with E-state index in [2.05, 4.69) is 15.9 Å². The van der Waals surface area contributed by atoms with E-state index in [1.807, 2.05) is 18.2 Å². The summed E-state index contributed by atoms with van der Waals surface area (Å²) in [5.74, 6) is 0.988. The predicted molar refractivity (Wildman–Crippen MR) is 76.4 cm³/mol. The first-order valence-electron chi connectivity index (χ1n) is 5.83. The SMILES string of the molecule is COc1cc(CBr)ccc1OCc1ccccc1F. The maximum Gasteiger partial charge on any atom is 0.161 e. The lowest BCUT2D eigenvalue weighted by Gasteiger charge is -2.12. The first-order chi connectivity index (χ1) is 9.24. The third-order valence-corrected chi connectivity index (χ3v) is 3.37. The van der Waals surface area contributed by atoms with Crippen molar-refractivity contribution in [2.24, 2.45) is 0 Å². The zero-order valence-corrected chi connectivity index (χ0v) is 12.1. The van der Waals surface area contributed by atoms with E-state index >= 15 is 0 Å². The van der Waals surface area contributed by atoms with Crippen LogP contribution in [0.5, 0.6) is 11.5 Å². The molecule has 0 aromatic heterocycles. The number of ether oxygens (including phenoxy) is 2. The van der Waals surface area contributed by atoms with E-state index in [-0.39, 0.29) is 12.4 Å². The number of halogens is 2. The summed E-state index contributed by atoms with van der Waals surface area (Å²) in [6, 6.07) is 12.2. The second-order valence-corrected chi connectivity index (χ2v) is 4.56. The fourth-order valence-electron chi connectivity index (χ4n) is 1.69. The van der Waals surface area contributed by atoms with E-state index in [1.165, 1.54) is 6.07 Å². The van der Waals surface area contributed by atoms with Gasteiger partial charge in [0.1, 0.15) is 12.4 Å².